The molecule has 0 saturated carbocycles. The Kier molecular flexibility index (Phi) is 5.13. The molecule has 0 aliphatic heterocycles. The first-order valence-electron chi connectivity index (χ1n) is 10.4. The van der Waals surface area contributed by atoms with Gasteiger partial charge in [-0.15, -0.1) is 21.5 Å². The first-order valence-corrected chi connectivity index (χ1v) is 11.2. The molecule has 0 aromatic carbocycles. The van der Waals surface area contributed by atoms with E-state index in [-0.39, 0.29) is 0 Å². The Morgan fingerprint density at radius 1 is 1.04 bits per heavy atom. The van der Waals surface area contributed by atoms with Crippen molar-refractivity contribution in [3.05, 3.63) is 39.5 Å². The smallest absolute Gasteiger partial charge is 0.258 e. The zero-order valence-electron chi connectivity index (χ0n) is 17.6. The molecule has 4 rings (SSSR count). The maximum atomic E-state index is 6.15. The van der Waals surface area contributed by atoms with Gasteiger partial charge < -0.3 is 4.42 Å². The van der Waals surface area contributed by atoms with E-state index in [9.17, 15) is 0 Å². The Morgan fingerprint density at radius 3 is 2.50 bits per heavy atom. The van der Waals surface area contributed by atoms with Crippen molar-refractivity contribution in [1.29, 1.82) is 0 Å². The Bertz CT molecular complexity index is 997. The van der Waals surface area contributed by atoms with Crippen molar-refractivity contribution < 1.29 is 4.42 Å². The molecule has 28 heavy (non-hydrogen) atoms. The summed E-state index contributed by atoms with van der Waals surface area (Å²) < 4.78 is 6.15. The van der Waals surface area contributed by atoms with Gasteiger partial charge in [-0.25, -0.2) is 0 Å². The van der Waals surface area contributed by atoms with Crippen LogP contribution in [0.3, 0.4) is 0 Å². The Hall–Kier alpha value is -2.01. The van der Waals surface area contributed by atoms with Gasteiger partial charge in [0.1, 0.15) is 0 Å². The van der Waals surface area contributed by atoms with E-state index in [1.54, 1.807) is 0 Å². The van der Waals surface area contributed by atoms with Crippen LogP contribution in [0.15, 0.2) is 16.5 Å². The van der Waals surface area contributed by atoms with Crippen molar-refractivity contribution in [2.45, 2.75) is 73.1 Å². The lowest BCUT2D eigenvalue weighted by atomic mass is 9.68. The minimum atomic E-state index is 0.460. The molecular weight excluding hydrogens is 366 g/mol. The number of aryl methyl sites for hydroxylation is 3. The number of thiophene rings is 1. The molecule has 0 fully saturated rings. The highest BCUT2D eigenvalue weighted by Crippen LogP contribution is 2.47. The van der Waals surface area contributed by atoms with Crippen LogP contribution in [0.5, 0.6) is 0 Å². The van der Waals surface area contributed by atoms with Crippen molar-refractivity contribution in [2.24, 2.45) is 5.41 Å². The van der Waals surface area contributed by atoms with Gasteiger partial charge in [-0.3, -0.25) is 4.98 Å². The molecule has 148 valence electrons. The fourth-order valence-corrected chi connectivity index (χ4v) is 5.62. The molecule has 1 aliphatic rings. The highest BCUT2D eigenvalue weighted by Gasteiger charge is 2.35. The summed E-state index contributed by atoms with van der Waals surface area (Å²) in [5, 5.41) is 8.78. The summed E-state index contributed by atoms with van der Waals surface area (Å²) in [7, 11) is 0. The molecule has 3 heterocycles. The zero-order chi connectivity index (χ0) is 19.9. The lowest BCUT2D eigenvalue weighted by Gasteiger charge is -2.36. The molecule has 0 unspecified atom stereocenters. The maximum absolute atomic E-state index is 6.15. The monoisotopic (exact) mass is 395 g/mol. The third-order valence-corrected chi connectivity index (χ3v) is 7.69. The lowest BCUT2D eigenvalue weighted by molar-refractivity contribution is 0.225. The van der Waals surface area contributed by atoms with Gasteiger partial charge in [-0.05, 0) is 68.2 Å². The molecule has 4 nitrogen and oxygen atoms in total. The number of hydrogen-bond donors (Lipinski definition) is 0. The van der Waals surface area contributed by atoms with Crippen LogP contribution in [0.25, 0.3) is 22.2 Å². The van der Waals surface area contributed by atoms with Crippen LogP contribution in [0.2, 0.25) is 0 Å². The standard InChI is InChI=1S/C23H29N3OS/c1-6-17-12-16(11-14(4)24-17)21-25-26-22(27-21)20-18-9-10-23(7-2,8-3)13-19(18)15(5)28-20/h11-12H,6-10,13H2,1-5H3. The first kappa shape index (κ1) is 19.3. The molecule has 5 heteroatoms. The molecule has 0 saturated heterocycles. The van der Waals surface area contributed by atoms with Crippen molar-refractivity contribution in [1.82, 2.24) is 15.2 Å². The second-order valence-electron chi connectivity index (χ2n) is 8.08. The summed E-state index contributed by atoms with van der Waals surface area (Å²) in [6.07, 6.45) is 6.94. The molecule has 0 atom stereocenters. The molecule has 0 bridgehead atoms. The quantitative estimate of drug-likeness (QED) is 0.506. The van der Waals surface area contributed by atoms with Crippen molar-refractivity contribution >= 4 is 11.3 Å². The van der Waals surface area contributed by atoms with E-state index in [2.05, 4.69) is 48.9 Å². The topological polar surface area (TPSA) is 51.8 Å². The van der Waals surface area contributed by atoms with Crippen LogP contribution in [0.1, 0.15) is 67.4 Å². The van der Waals surface area contributed by atoms with E-state index in [0.29, 0.717) is 17.2 Å². The summed E-state index contributed by atoms with van der Waals surface area (Å²) in [6, 6.07) is 4.07. The number of pyridine rings is 1. The predicted molar refractivity (Wildman–Crippen MR) is 115 cm³/mol. The molecule has 3 aromatic rings. The SMILES string of the molecule is CCc1cc(-c2nnc(-c3sc(C)c4c3CCC(CC)(CC)C4)o2)cc(C)n1. The summed E-state index contributed by atoms with van der Waals surface area (Å²) in [5.74, 6) is 1.25. The van der Waals surface area contributed by atoms with E-state index >= 15 is 0 Å². The van der Waals surface area contributed by atoms with Crippen LogP contribution in [0, 0.1) is 19.3 Å². The molecule has 0 radical (unpaired) electrons. The highest BCUT2D eigenvalue weighted by molar-refractivity contribution is 7.15. The van der Waals surface area contributed by atoms with Gasteiger partial charge in [0, 0.05) is 21.8 Å². The number of hydrogen-bond acceptors (Lipinski definition) is 5. The fourth-order valence-electron chi connectivity index (χ4n) is 4.47. The third kappa shape index (κ3) is 3.30. The van der Waals surface area contributed by atoms with Gasteiger partial charge in [-0.1, -0.05) is 33.6 Å². The molecular formula is C23H29N3OS. The average Bonchev–Trinajstić information content (AvgIpc) is 3.32. The van der Waals surface area contributed by atoms with Crippen molar-refractivity contribution in [3.8, 4) is 22.2 Å². The van der Waals surface area contributed by atoms with Crippen LogP contribution >= 0.6 is 11.3 Å². The average molecular weight is 396 g/mol. The third-order valence-electron chi connectivity index (χ3n) is 6.51. The molecule has 0 amide bonds. The van der Waals surface area contributed by atoms with Crippen LogP contribution in [0.4, 0.5) is 0 Å². The molecule has 3 aromatic heterocycles. The summed E-state index contributed by atoms with van der Waals surface area (Å²) in [4.78, 5) is 7.13. The van der Waals surface area contributed by atoms with Crippen LogP contribution in [-0.4, -0.2) is 15.2 Å². The maximum Gasteiger partial charge on any atom is 0.258 e. The number of fused-ring (bicyclic) bond motifs is 1. The fraction of sp³-hybridized carbons (Fsp3) is 0.522. The molecule has 0 N–H and O–H groups in total. The van der Waals surface area contributed by atoms with Gasteiger partial charge >= 0.3 is 0 Å². The second-order valence-corrected chi connectivity index (χ2v) is 9.31. The van der Waals surface area contributed by atoms with E-state index in [1.165, 1.54) is 46.6 Å². The van der Waals surface area contributed by atoms with Gasteiger partial charge in [0.05, 0.1) is 4.88 Å². The highest BCUT2D eigenvalue weighted by atomic mass is 32.1. The minimum Gasteiger partial charge on any atom is -0.415 e. The van der Waals surface area contributed by atoms with Crippen LogP contribution in [-0.2, 0) is 19.3 Å². The number of rotatable bonds is 5. The predicted octanol–water partition coefficient (Wildman–Crippen LogP) is 6.33. The number of nitrogens with zero attached hydrogens (tertiary/aromatic N) is 3. The summed E-state index contributed by atoms with van der Waals surface area (Å²) in [5.41, 5.74) is 6.42. The van der Waals surface area contributed by atoms with E-state index in [4.69, 9.17) is 4.42 Å². The number of aromatic nitrogens is 3. The first-order chi connectivity index (χ1) is 13.5. The normalized spacial score (nSPS) is 15.6. The lowest BCUT2D eigenvalue weighted by Crippen LogP contribution is -2.27. The summed E-state index contributed by atoms with van der Waals surface area (Å²) >= 11 is 1.82. The Labute approximate surface area is 171 Å². The Balaban J connectivity index is 1.70. The van der Waals surface area contributed by atoms with E-state index < -0.39 is 0 Å². The second kappa shape index (κ2) is 7.43. The van der Waals surface area contributed by atoms with Gasteiger partial charge in [0.15, 0.2) is 0 Å². The molecule has 0 spiro atoms. The zero-order valence-corrected chi connectivity index (χ0v) is 18.4. The van der Waals surface area contributed by atoms with Gasteiger partial charge in [-0.2, -0.15) is 0 Å². The van der Waals surface area contributed by atoms with Gasteiger partial charge in [0.25, 0.3) is 5.89 Å². The van der Waals surface area contributed by atoms with E-state index in [1.807, 2.05) is 24.3 Å². The van der Waals surface area contributed by atoms with E-state index in [0.717, 1.165) is 29.8 Å². The Morgan fingerprint density at radius 2 is 1.79 bits per heavy atom. The van der Waals surface area contributed by atoms with Crippen molar-refractivity contribution in [2.75, 3.05) is 0 Å². The van der Waals surface area contributed by atoms with Gasteiger partial charge in [0.2, 0.25) is 5.89 Å². The van der Waals surface area contributed by atoms with Crippen molar-refractivity contribution in [3.63, 3.8) is 0 Å². The summed E-state index contributed by atoms with van der Waals surface area (Å²) in [6.45, 7) is 11.0. The minimum absolute atomic E-state index is 0.460. The largest absolute Gasteiger partial charge is 0.415 e. The van der Waals surface area contributed by atoms with Crippen LogP contribution < -0.4 is 0 Å². The molecule has 1 aliphatic carbocycles.